The van der Waals surface area contributed by atoms with E-state index in [4.69, 9.17) is 11.6 Å². The first-order valence-electron chi connectivity index (χ1n) is 4.16. The summed E-state index contributed by atoms with van der Waals surface area (Å²) >= 11 is 9.49. The van der Waals surface area contributed by atoms with Crippen LogP contribution in [0.1, 0.15) is 5.56 Å². The molecule has 0 N–H and O–H groups in total. The van der Waals surface area contributed by atoms with Crippen molar-refractivity contribution in [1.29, 1.82) is 0 Å². The summed E-state index contributed by atoms with van der Waals surface area (Å²) in [6.07, 6.45) is 3.65. The molecular weight excluding hydrogens is 263 g/mol. The fraction of sp³-hybridized carbons (Fsp3) is 0.100. The molecule has 0 aliphatic rings. The molecule has 14 heavy (non-hydrogen) atoms. The standard InChI is InChI=1S/C10H8BrClN2/c11-7-8-9(12)3-1-4-10(8)14-6-2-5-13-14/h1-6H,7H2. The molecule has 0 saturated heterocycles. The summed E-state index contributed by atoms with van der Waals surface area (Å²) in [4.78, 5) is 0. The van der Waals surface area contributed by atoms with Crippen molar-refractivity contribution in [3.05, 3.63) is 47.2 Å². The highest BCUT2D eigenvalue weighted by Gasteiger charge is 2.06. The van der Waals surface area contributed by atoms with Gasteiger partial charge in [-0.25, -0.2) is 4.68 Å². The van der Waals surface area contributed by atoms with Crippen LogP contribution in [0.5, 0.6) is 0 Å². The second-order valence-electron chi connectivity index (χ2n) is 2.82. The minimum Gasteiger partial charge on any atom is -0.241 e. The predicted molar refractivity (Wildman–Crippen MR) is 61.2 cm³/mol. The Morgan fingerprint density at radius 1 is 1.36 bits per heavy atom. The van der Waals surface area contributed by atoms with Gasteiger partial charge in [-0.2, -0.15) is 5.10 Å². The van der Waals surface area contributed by atoms with Crippen LogP contribution in [-0.2, 0) is 5.33 Å². The molecule has 2 rings (SSSR count). The first-order chi connectivity index (χ1) is 6.83. The third-order valence-electron chi connectivity index (χ3n) is 1.98. The zero-order chi connectivity index (χ0) is 9.97. The van der Waals surface area contributed by atoms with Crippen LogP contribution in [0.3, 0.4) is 0 Å². The van der Waals surface area contributed by atoms with E-state index in [0.717, 1.165) is 21.6 Å². The maximum Gasteiger partial charge on any atom is 0.0700 e. The maximum absolute atomic E-state index is 6.08. The molecule has 0 radical (unpaired) electrons. The molecule has 0 fully saturated rings. The second kappa shape index (κ2) is 4.15. The number of aromatic nitrogens is 2. The largest absolute Gasteiger partial charge is 0.241 e. The van der Waals surface area contributed by atoms with Crippen LogP contribution in [0.25, 0.3) is 5.69 Å². The summed E-state index contributed by atoms with van der Waals surface area (Å²) in [5.41, 5.74) is 2.07. The molecule has 0 unspecified atom stereocenters. The van der Waals surface area contributed by atoms with Crippen molar-refractivity contribution in [1.82, 2.24) is 9.78 Å². The molecule has 0 atom stereocenters. The number of nitrogens with zero attached hydrogens (tertiary/aromatic N) is 2. The van der Waals surface area contributed by atoms with E-state index < -0.39 is 0 Å². The van der Waals surface area contributed by atoms with Gasteiger partial charge in [0.05, 0.1) is 5.69 Å². The first kappa shape index (κ1) is 9.74. The van der Waals surface area contributed by atoms with Crippen LogP contribution in [0.4, 0.5) is 0 Å². The number of alkyl halides is 1. The quantitative estimate of drug-likeness (QED) is 0.765. The molecule has 0 aliphatic carbocycles. The number of halogens is 2. The molecule has 0 bridgehead atoms. The first-order valence-corrected chi connectivity index (χ1v) is 5.66. The third-order valence-corrected chi connectivity index (χ3v) is 2.89. The van der Waals surface area contributed by atoms with Crippen LogP contribution < -0.4 is 0 Å². The number of hydrogen-bond donors (Lipinski definition) is 0. The van der Waals surface area contributed by atoms with E-state index >= 15 is 0 Å². The number of rotatable bonds is 2. The Morgan fingerprint density at radius 3 is 2.86 bits per heavy atom. The van der Waals surface area contributed by atoms with Gasteiger partial charge in [-0.1, -0.05) is 33.6 Å². The highest BCUT2D eigenvalue weighted by molar-refractivity contribution is 9.08. The van der Waals surface area contributed by atoms with Crippen molar-refractivity contribution < 1.29 is 0 Å². The van der Waals surface area contributed by atoms with Crippen LogP contribution >= 0.6 is 27.5 Å². The highest BCUT2D eigenvalue weighted by atomic mass is 79.9. The fourth-order valence-corrected chi connectivity index (χ4v) is 2.29. The Labute approximate surface area is 95.6 Å². The lowest BCUT2D eigenvalue weighted by atomic mass is 10.2. The fourth-order valence-electron chi connectivity index (χ4n) is 1.31. The minimum atomic E-state index is 0.724. The number of benzene rings is 1. The second-order valence-corrected chi connectivity index (χ2v) is 3.79. The van der Waals surface area contributed by atoms with E-state index in [1.807, 2.05) is 35.1 Å². The van der Waals surface area contributed by atoms with E-state index in [-0.39, 0.29) is 0 Å². The van der Waals surface area contributed by atoms with Gasteiger partial charge in [-0.15, -0.1) is 0 Å². The smallest absolute Gasteiger partial charge is 0.0700 e. The molecule has 0 saturated carbocycles. The molecule has 72 valence electrons. The van der Waals surface area contributed by atoms with Gasteiger partial charge in [0, 0.05) is 28.3 Å². The maximum atomic E-state index is 6.08. The summed E-state index contributed by atoms with van der Waals surface area (Å²) in [7, 11) is 0. The molecule has 0 spiro atoms. The summed E-state index contributed by atoms with van der Waals surface area (Å²) in [5.74, 6) is 0. The highest BCUT2D eigenvalue weighted by Crippen LogP contribution is 2.24. The van der Waals surface area contributed by atoms with Gasteiger partial charge in [-0.05, 0) is 18.2 Å². The molecule has 2 aromatic rings. The molecule has 0 aliphatic heterocycles. The topological polar surface area (TPSA) is 17.8 Å². The molecule has 1 heterocycles. The van der Waals surface area contributed by atoms with Gasteiger partial charge in [-0.3, -0.25) is 0 Å². The summed E-state index contributed by atoms with van der Waals surface area (Å²) in [6.45, 7) is 0. The Bertz CT molecular complexity index is 426. The zero-order valence-electron chi connectivity index (χ0n) is 7.32. The molecular formula is C10H8BrClN2. The van der Waals surface area contributed by atoms with E-state index in [2.05, 4.69) is 21.0 Å². The average Bonchev–Trinajstić information content (AvgIpc) is 2.70. The van der Waals surface area contributed by atoms with Gasteiger partial charge in [0.2, 0.25) is 0 Å². The Balaban J connectivity index is 2.58. The summed E-state index contributed by atoms with van der Waals surface area (Å²) in [5, 5.41) is 5.66. The van der Waals surface area contributed by atoms with Gasteiger partial charge in [0.15, 0.2) is 0 Å². The van der Waals surface area contributed by atoms with Crippen LogP contribution in [-0.4, -0.2) is 9.78 Å². The Hall–Kier alpha value is -0.800. The van der Waals surface area contributed by atoms with Gasteiger partial charge >= 0.3 is 0 Å². The minimum absolute atomic E-state index is 0.724. The molecule has 4 heteroatoms. The van der Waals surface area contributed by atoms with Crippen LogP contribution in [0.15, 0.2) is 36.7 Å². The Morgan fingerprint density at radius 2 is 2.21 bits per heavy atom. The third kappa shape index (κ3) is 1.70. The molecule has 1 aromatic carbocycles. The lowest BCUT2D eigenvalue weighted by Gasteiger charge is -2.08. The van der Waals surface area contributed by atoms with Crippen molar-refractivity contribution in [2.45, 2.75) is 5.33 Å². The lowest BCUT2D eigenvalue weighted by Crippen LogP contribution is -1.98. The molecule has 1 aromatic heterocycles. The zero-order valence-corrected chi connectivity index (χ0v) is 9.66. The Kier molecular flexibility index (Phi) is 2.89. The van der Waals surface area contributed by atoms with E-state index in [1.165, 1.54) is 0 Å². The number of hydrogen-bond acceptors (Lipinski definition) is 1. The normalized spacial score (nSPS) is 10.4. The van der Waals surface area contributed by atoms with Gasteiger partial charge in [0.1, 0.15) is 0 Å². The van der Waals surface area contributed by atoms with Crippen LogP contribution in [0.2, 0.25) is 5.02 Å². The molecule has 0 amide bonds. The van der Waals surface area contributed by atoms with Crippen LogP contribution in [0, 0.1) is 0 Å². The van der Waals surface area contributed by atoms with E-state index in [1.54, 1.807) is 6.20 Å². The van der Waals surface area contributed by atoms with E-state index in [9.17, 15) is 0 Å². The monoisotopic (exact) mass is 270 g/mol. The van der Waals surface area contributed by atoms with Crippen molar-refractivity contribution >= 4 is 27.5 Å². The van der Waals surface area contributed by atoms with Crippen molar-refractivity contribution in [2.24, 2.45) is 0 Å². The molecule has 2 nitrogen and oxygen atoms in total. The average molecular weight is 272 g/mol. The summed E-state index contributed by atoms with van der Waals surface area (Å²) in [6, 6.07) is 7.69. The van der Waals surface area contributed by atoms with Crippen molar-refractivity contribution in [3.63, 3.8) is 0 Å². The van der Waals surface area contributed by atoms with Gasteiger partial charge < -0.3 is 0 Å². The SMILES string of the molecule is Clc1cccc(-n2cccn2)c1CBr. The van der Waals surface area contributed by atoms with Crippen molar-refractivity contribution in [3.8, 4) is 5.69 Å². The predicted octanol–water partition coefficient (Wildman–Crippen LogP) is 3.42. The van der Waals surface area contributed by atoms with E-state index in [0.29, 0.717) is 0 Å². The van der Waals surface area contributed by atoms with Gasteiger partial charge in [0.25, 0.3) is 0 Å². The van der Waals surface area contributed by atoms with Crippen molar-refractivity contribution in [2.75, 3.05) is 0 Å². The summed E-state index contributed by atoms with van der Waals surface area (Å²) < 4.78 is 1.81. The lowest BCUT2D eigenvalue weighted by molar-refractivity contribution is 0.872.